The first-order valence-electron chi connectivity index (χ1n) is 16.4. The van der Waals surface area contributed by atoms with Crippen molar-refractivity contribution in [2.45, 2.75) is 19.3 Å². The SMILES string of the molecule is CC1(C)c2ccccc2-c2ccc(-c3nc(-c4ccccc4)nc(-c4cccc5c4ccc4ccc6c7ccccc7sc6c45)n3)cc21. The zero-order valence-electron chi connectivity index (χ0n) is 26.5. The molecule has 2 heterocycles. The number of rotatable bonds is 3. The maximum absolute atomic E-state index is 5.23. The lowest BCUT2D eigenvalue weighted by Crippen LogP contribution is -2.15. The summed E-state index contributed by atoms with van der Waals surface area (Å²) in [4.78, 5) is 15.5. The van der Waals surface area contributed by atoms with Crippen LogP contribution in [0.15, 0.2) is 140 Å². The lowest BCUT2D eigenvalue weighted by Gasteiger charge is -2.21. The first-order valence-corrected chi connectivity index (χ1v) is 17.2. The Bertz CT molecular complexity index is 2760. The summed E-state index contributed by atoms with van der Waals surface area (Å²) in [6, 6.07) is 49.9. The highest BCUT2D eigenvalue weighted by Crippen LogP contribution is 2.49. The van der Waals surface area contributed by atoms with Gasteiger partial charge in [-0.15, -0.1) is 11.3 Å². The maximum Gasteiger partial charge on any atom is 0.164 e. The molecule has 0 amide bonds. The summed E-state index contributed by atoms with van der Waals surface area (Å²) in [5.74, 6) is 2.02. The number of hydrogen-bond acceptors (Lipinski definition) is 4. The smallest absolute Gasteiger partial charge is 0.164 e. The molecule has 0 bridgehead atoms. The van der Waals surface area contributed by atoms with Crippen LogP contribution in [0.1, 0.15) is 25.0 Å². The van der Waals surface area contributed by atoms with Crippen LogP contribution >= 0.6 is 11.3 Å². The molecule has 3 nitrogen and oxygen atoms in total. The van der Waals surface area contributed by atoms with E-state index in [2.05, 4.69) is 135 Å². The van der Waals surface area contributed by atoms with Gasteiger partial charge in [0.05, 0.1) is 0 Å². The van der Waals surface area contributed by atoms with Crippen molar-refractivity contribution in [3.05, 3.63) is 151 Å². The molecule has 0 spiro atoms. The second-order valence-electron chi connectivity index (χ2n) is 13.2. The minimum absolute atomic E-state index is 0.116. The van der Waals surface area contributed by atoms with E-state index in [1.807, 2.05) is 29.5 Å². The molecule has 48 heavy (non-hydrogen) atoms. The zero-order chi connectivity index (χ0) is 32.0. The monoisotopic (exact) mass is 631 g/mol. The van der Waals surface area contributed by atoms with Crippen LogP contribution in [-0.2, 0) is 5.41 Å². The summed E-state index contributed by atoms with van der Waals surface area (Å²) < 4.78 is 2.63. The second kappa shape index (κ2) is 10.1. The normalized spacial score (nSPS) is 13.4. The Morgan fingerprint density at radius 1 is 0.458 bits per heavy atom. The molecular weight excluding hydrogens is 603 g/mol. The fraction of sp³-hybridized carbons (Fsp3) is 0.0682. The first-order chi connectivity index (χ1) is 23.5. The number of nitrogens with zero attached hydrogens (tertiary/aromatic N) is 3. The summed E-state index contributed by atoms with van der Waals surface area (Å²) in [5, 5.41) is 7.48. The first kappa shape index (κ1) is 27.4. The van der Waals surface area contributed by atoms with Gasteiger partial charge in [-0.3, -0.25) is 0 Å². The number of thiophene rings is 1. The van der Waals surface area contributed by atoms with Crippen LogP contribution in [0.25, 0.3) is 87.0 Å². The Morgan fingerprint density at radius 2 is 1.12 bits per heavy atom. The summed E-state index contributed by atoms with van der Waals surface area (Å²) in [6.45, 7) is 4.62. The molecule has 226 valence electrons. The van der Waals surface area contributed by atoms with Crippen molar-refractivity contribution >= 4 is 53.1 Å². The molecule has 0 N–H and O–H groups in total. The van der Waals surface area contributed by atoms with E-state index >= 15 is 0 Å². The molecule has 0 fully saturated rings. The van der Waals surface area contributed by atoms with E-state index in [1.54, 1.807) is 0 Å². The van der Waals surface area contributed by atoms with Crippen LogP contribution in [0, 0.1) is 0 Å². The van der Waals surface area contributed by atoms with Crippen molar-refractivity contribution in [2.75, 3.05) is 0 Å². The van der Waals surface area contributed by atoms with E-state index in [0.29, 0.717) is 17.5 Å². The highest BCUT2D eigenvalue weighted by Gasteiger charge is 2.35. The molecule has 1 aliphatic carbocycles. The van der Waals surface area contributed by atoms with E-state index in [4.69, 9.17) is 15.0 Å². The Balaban J connectivity index is 1.21. The lowest BCUT2D eigenvalue weighted by atomic mass is 9.82. The van der Waals surface area contributed by atoms with Crippen LogP contribution in [0.3, 0.4) is 0 Å². The molecular formula is C44H29N3S. The standard InChI is InChI=1S/C44H29N3S/c1-44(2)36-17-8-6-13-30(36)31-23-21-28(25-37(31)44)42-45-41(27-11-4-3-5-12-27)46-43(47-42)35-16-10-15-33-29(35)22-19-26-20-24-34-32-14-7-9-18-38(32)48-40(34)39(26)33/h3-25H,1-2H3. The van der Waals surface area contributed by atoms with Crippen LogP contribution < -0.4 is 0 Å². The highest BCUT2D eigenvalue weighted by atomic mass is 32.1. The van der Waals surface area contributed by atoms with Crippen molar-refractivity contribution in [3.8, 4) is 45.3 Å². The molecule has 0 unspecified atom stereocenters. The molecule has 7 aromatic carbocycles. The fourth-order valence-electron chi connectivity index (χ4n) is 7.74. The van der Waals surface area contributed by atoms with Crippen LogP contribution in [0.4, 0.5) is 0 Å². The van der Waals surface area contributed by atoms with Gasteiger partial charge in [0.25, 0.3) is 0 Å². The minimum atomic E-state index is -0.116. The van der Waals surface area contributed by atoms with Crippen molar-refractivity contribution < 1.29 is 0 Å². The third-order valence-corrected chi connectivity index (χ3v) is 11.3. The van der Waals surface area contributed by atoms with E-state index < -0.39 is 0 Å². The quantitative estimate of drug-likeness (QED) is 0.182. The van der Waals surface area contributed by atoms with Gasteiger partial charge in [0, 0.05) is 47.7 Å². The van der Waals surface area contributed by atoms with Gasteiger partial charge in [-0.2, -0.15) is 0 Å². The average Bonchev–Trinajstić information content (AvgIpc) is 3.63. The molecule has 10 rings (SSSR count). The number of benzene rings is 7. The molecule has 1 aliphatic rings. The Morgan fingerprint density at radius 3 is 2.00 bits per heavy atom. The van der Waals surface area contributed by atoms with Crippen molar-refractivity contribution in [1.82, 2.24) is 15.0 Å². The van der Waals surface area contributed by atoms with Gasteiger partial charge in [-0.1, -0.05) is 141 Å². The van der Waals surface area contributed by atoms with Crippen LogP contribution in [-0.4, -0.2) is 15.0 Å². The topological polar surface area (TPSA) is 38.7 Å². The van der Waals surface area contributed by atoms with Gasteiger partial charge in [0.2, 0.25) is 0 Å². The van der Waals surface area contributed by atoms with E-state index in [-0.39, 0.29) is 5.41 Å². The van der Waals surface area contributed by atoms with Gasteiger partial charge in [-0.05, 0) is 50.5 Å². The fourth-order valence-corrected chi connectivity index (χ4v) is 9.01. The van der Waals surface area contributed by atoms with E-state index in [9.17, 15) is 0 Å². The minimum Gasteiger partial charge on any atom is -0.208 e. The molecule has 0 aliphatic heterocycles. The van der Waals surface area contributed by atoms with Gasteiger partial charge in [0.15, 0.2) is 17.5 Å². The third kappa shape index (κ3) is 3.96. The van der Waals surface area contributed by atoms with Gasteiger partial charge in [-0.25, -0.2) is 15.0 Å². The summed E-state index contributed by atoms with van der Waals surface area (Å²) in [6.07, 6.45) is 0. The second-order valence-corrected chi connectivity index (χ2v) is 14.3. The Labute approximate surface area is 282 Å². The predicted octanol–water partition coefficient (Wildman–Crippen LogP) is 11.9. The van der Waals surface area contributed by atoms with Gasteiger partial charge >= 0.3 is 0 Å². The predicted molar refractivity (Wildman–Crippen MR) is 202 cm³/mol. The van der Waals surface area contributed by atoms with Gasteiger partial charge < -0.3 is 0 Å². The van der Waals surface area contributed by atoms with Gasteiger partial charge in [0.1, 0.15) is 0 Å². The highest BCUT2D eigenvalue weighted by molar-refractivity contribution is 7.26. The molecule has 0 saturated heterocycles. The summed E-state index contributed by atoms with van der Waals surface area (Å²) in [5.41, 5.74) is 8.09. The molecule has 9 aromatic rings. The summed E-state index contributed by atoms with van der Waals surface area (Å²) >= 11 is 1.87. The average molecular weight is 632 g/mol. The molecule has 2 aromatic heterocycles. The van der Waals surface area contributed by atoms with Crippen molar-refractivity contribution in [2.24, 2.45) is 0 Å². The van der Waals surface area contributed by atoms with Crippen LogP contribution in [0.2, 0.25) is 0 Å². The number of aromatic nitrogens is 3. The molecule has 0 saturated carbocycles. The molecule has 4 heteroatoms. The maximum atomic E-state index is 5.23. The number of hydrogen-bond donors (Lipinski definition) is 0. The van der Waals surface area contributed by atoms with Crippen molar-refractivity contribution in [3.63, 3.8) is 0 Å². The van der Waals surface area contributed by atoms with Crippen LogP contribution in [0.5, 0.6) is 0 Å². The summed E-state index contributed by atoms with van der Waals surface area (Å²) in [7, 11) is 0. The Hall–Kier alpha value is -5.71. The zero-order valence-corrected chi connectivity index (χ0v) is 27.3. The third-order valence-electron chi connectivity index (χ3n) is 10.1. The van der Waals surface area contributed by atoms with E-state index in [0.717, 1.165) is 22.1 Å². The molecule has 0 atom stereocenters. The largest absolute Gasteiger partial charge is 0.208 e. The molecule has 0 radical (unpaired) electrons. The Kier molecular flexibility index (Phi) is 5.79. The van der Waals surface area contributed by atoms with E-state index in [1.165, 1.54) is 58.6 Å². The lowest BCUT2D eigenvalue weighted by molar-refractivity contribution is 0.660. The number of fused-ring (bicyclic) bond motifs is 10. The van der Waals surface area contributed by atoms with Crippen molar-refractivity contribution in [1.29, 1.82) is 0 Å².